The quantitative estimate of drug-likeness (QED) is 0.589. The molecule has 3 heteroatoms. The van der Waals surface area contributed by atoms with Gasteiger partial charge in [-0.15, -0.1) is 0 Å². The first-order valence-electron chi connectivity index (χ1n) is 3.11. The predicted octanol–water partition coefficient (Wildman–Crippen LogP) is 0.683. The summed E-state index contributed by atoms with van der Waals surface area (Å²) in [4.78, 5) is 13.9. The Hall–Kier alpha value is -1.25. The molecule has 1 heterocycles. The minimum atomic E-state index is -0.0428. The van der Waals surface area contributed by atoms with E-state index in [1.165, 1.54) is 0 Å². The van der Waals surface area contributed by atoms with Crippen molar-refractivity contribution in [2.45, 2.75) is 6.92 Å². The lowest BCUT2D eigenvalue weighted by molar-refractivity contribution is 0.0962. The molecule has 0 aliphatic rings. The Labute approximate surface area is 59.4 Å². The van der Waals surface area contributed by atoms with E-state index in [0.717, 1.165) is 5.69 Å². The number of aromatic nitrogens is 1. The molecule has 1 aromatic rings. The van der Waals surface area contributed by atoms with Gasteiger partial charge in [0, 0.05) is 18.9 Å². The molecule has 0 fully saturated rings. The zero-order valence-corrected chi connectivity index (χ0v) is 6.06. The first-order chi connectivity index (χ1) is 4.75. The second-order valence-electron chi connectivity index (χ2n) is 2.10. The van der Waals surface area contributed by atoms with Crippen molar-refractivity contribution >= 4 is 5.91 Å². The summed E-state index contributed by atoms with van der Waals surface area (Å²) in [6, 6.07) is 1.76. The van der Waals surface area contributed by atoms with Gasteiger partial charge in [0.1, 0.15) is 0 Å². The highest BCUT2D eigenvalue weighted by atomic mass is 16.1. The fraction of sp³-hybridized carbons (Fsp3) is 0.286. The van der Waals surface area contributed by atoms with E-state index in [0.29, 0.717) is 5.56 Å². The smallest absolute Gasteiger partial charge is 0.252 e. The number of hydrogen-bond donors (Lipinski definition) is 2. The Kier molecular flexibility index (Phi) is 1.76. The fourth-order valence-electron chi connectivity index (χ4n) is 0.833. The van der Waals surface area contributed by atoms with E-state index in [9.17, 15) is 4.79 Å². The standard InChI is InChI=1S/C7H10N2O/c1-5-6(3-4-9-5)7(10)8-2/h3-4,9H,1-2H3,(H,8,10). The summed E-state index contributed by atoms with van der Waals surface area (Å²) in [5.41, 5.74) is 1.61. The summed E-state index contributed by atoms with van der Waals surface area (Å²) in [6.45, 7) is 1.87. The molecule has 1 rings (SSSR count). The van der Waals surface area contributed by atoms with Crippen LogP contribution in [-0.2, 0) is 0 Å². The number of carbonyl (C=O) groups excluding carboxylic acids is 1. The van der Waals surface area contributed by atoms with Crippen molar-refractivity contribution in [3.05, 3.63) is 23.5 Å². The minimum absolute atomic E-state index is 0.0428. The number of aromatic amines is 1. The number of H-pyrrole nitrogens is 1. The molecule has 0 saturated carbocycles. The van der Waals surface area contributed by atoms with E-state index in [-0.39, 0.29) is 5.91 Å². The second kappa shape index (κ2) is 2.56. The number of aryl methyl sites for hydroxylation is 1. The highest BCUT2D eigenvalue weighted by molar-refractivity contribution is 5.95. The van der Waals surface area contributed by atoms with Crippen molar-refractivity contribution in [2.75, 3.05) is 7.05 Å². The lowest BCUT2D eigenvalue weighted by Gasteiger charge is -1.95. The largest absolute Gasteiger partial charge is 0.365 e. The van der Waals surface area contributed by atoms with Gasteiger partial charge in [-0.2, -0.15) is 0 Å². The Morgan fingerprint density at radius 2 is 2.40 bits per heavy atom. The lowest BCUT2D eigenvalue weighted by atomic mass is 10.2. The van der Waals surface area contributed by atoms with Crippen LogP contribution in [0.15, 0.2) is 12.3 Å². The zero-order valence-electron chi connectivity index (χ0n) is 6.06. The van der Waals surface area contributed by atoms with Gasteiger partial charge in [-0.05, 0) is 13.0 Å². The molecule has 10 heavy (non-hydrogen) atoms. The third-order valence-electron chi connectivity index (χ3n) is 1.43. The van der Waals surface area contributed by atoms with Crippen LogP contribution >= 0.6 is 0 Å². The Morgan fingerprint density at radius 1 is 1.70 bits per heavy atom. The summed E-state index contributed by atoms with van der Waals surface area (Å²) in [5, 5.41) is 2.55. The topological polar surface area (TPSA) is 44.9 Å². The van der Waals surface area contributed by atoms with Gasteiger partial charge in [0.25, 0.3) is 5.91 Å². The Morgan fingerprint density at radius 3 is 2.80 bits per heavy atom. The molecule has 0 saturated heterocycles. The van der Waals surface area contributed by atoms with E-state index in [2.05, 4.69) is 10.3 Å². The van der Waals surface area contributed by atoms with Crippen molar-refractivity contribution < 1.29 is 4.79 Å². The first kappa shape index (κ1) is 6.86. The SMILES string of the molecule is CNC(=O)c1cc[nH]c1C. The van der Waals surface area contributed by atoms with Gasteiger partial charge in [0.15, 0.2) is 0 Å². The number of hydrogen-bond acceptors (Lipinski definition) is 1. The van der Waals surface area contributed by atoms with E-state index in [4.69, 9.17) is 0 Å². The van der Waals surface area contributed by atoms with Crippen molar-refractivity contribution in [3.63, 3.8) is 0 Å². The first-order valence-corrected chi connectivity index (χ1v) is 3.11. The van der Waals surface area contributed by atoms with Crippen LogP contribution in [0.2, 0.25) is 0 Å². The molecule has 0 bridgehead atoms. The zero-order chi connectivity index (χ0) is 7.56. The fourth-order valence-corrected chi connectivity index (χ4v) is 0.833. The third-order valence-corrected chi connectivity index (χ3v) is 1.43. The van der Waals surface area contributed by atoms with Gasteiger partial charge in [-0.1, -0.05) is 0 Å². The summed E-state index contributed by atoms with van der Waals surface area (Å²) >= 11 is 0. The maximum atomic E-state index is 11.0. The summed E-state index contributed by atoms with van der Waals surface area (Å²) in [5.74, 6) is -0.0428. The maximum absolute atomic E-state index is 11.0. The minimum Gasteiger partial charge on any atom is -0.365 e. The van der Waals surface area contributed by atoms with Crippen LogP contribution in [-0.4, -0.2) is 17.9 Å². The van der Waals surface area contributed by atoms with E-state index >= 15 is 0 Å². The molecular formula is C7H10N2O. The van der Waals surface area contributed by atoms with Crippen LogP contribution in [0.5, 0.6) is 0 Å². The Bertz CT molecular complexity index is 240. The van der Waals surface area contributed by atoms with Crippen LogP contribution in [0.25, 0.3) is 0 Å². The number of amides is 1. The molecule has 3 nitrogen and oxygen atoms in total. The summed E-state index contributed by atoms with van der Waals surface area (Å²) in [6.07, 6.45) is 1.75. The third kappa shape index (κ3) is 1.03. The maximum Gasteiger partial charge on any atom is 0.252 e. The van der Waals surface area contributed by atoms with Crippen LogP contribution in [0, 0.1) is 6.92 Å². The number of rotatable bonds is 1. The molecule has 2 N–H and O–H groups in total. The lowest BCUT2D eigenvalue weighted by Crippen LogP contribution is -2.17. The molecule has 0 spiro atoms. The molecule has 0 aliphatic heterocycles. The van der Waals surface area contributed by atoms with Crippen LogP contribution < -0.4 is 5.32 Å². The monoisotopic (exact) mass is 138 g/mol. The Balaban J connectivity index is 2.93. The highest BCUT2D eigenvalue weighted by Crippen LogP contribution is 2.03. The second-order valence-corrected chi connectivity index (χ2v) is 2.10. The van der Waals surface area contributed by atoms with E-state index in [1.807, 2.05) is 6.92 Å². The van der Waals surface area contributed by atoms with E-state index < -0.39 is 0 Å². The van der Waals surface area contributed by atoms with Crippen molar-refractivity contribution in [3.8, 4) is 0 Å². The summed E-state index contributed by atoms with van der Waals surface area (Å²) in [7, 11) is 1.62. The van der Waals surface area contributed by atoms with Crippen LogP contribution in [0.4, 0.5) is 0 Å². The molecule has 0 aromatic carbocycles. The van der Waals surface area contributed by atoms with Crippen molar-refractivity contribution in [1.29, 1.82) is 0 Å². The molecule has 0 atom stereocenters. The van der Waals surface area contributed by atoms with Gasteiger partial charge in [-0.25, -0.2) is 0 Å². The van der Waals surface area contributed by atoms with Gasteiger partial charge in [0.05, 0.1) is 5.56 Å². The molecule has 1 aromatic heterocycles. The van der Waals surface area contributed by atoms with Crippen molar-refractivity contribution in [1.82, 2.24) is 10.3 Å². The highest BCUT2D eigenvalue weighted by Gasteiger charge is 2.05. The van der Waals surface area contributed by atoms with Gasteiger partial charge >= 0.3 is 0 Å². The molecular weight excluding hydrogens is 128 g/mol. The average Bonchev–Trinajstić information content (AvgIpc) is 2.34. The van der Waals surface area contributed by atoms with Gasteiger partial charge < -0.3 is 10.3 Å². The molecule has 0 radical (unpaired) electrons. The molecule has 1 amide bonds. The summed E-state index contributed by atoms with van der Waals surface area (Å²) < 4.78 is 0. The molecule has 0 unspecified atom stereocenters. The molecule has 0 aliphatic carbocycles. The van der Waals surface area contributed by atoms with E-state index in [1.54, 1.807) is 19.3 Å². The van der Waals surface area contributed by atoms with Crippen molar-refractivity contribution in [2.24, 2.45) is 0 Å². The molecule has 54 valence electrons. The number of carbonyl (C=O) groups is 1. The van der Waals surface area contributed by atoms with Crippen LogP contribution in [0.3, 0.4) is 0 Å². The number of nitrogens with one attached hydrogen (secondary N) is 2. The predicted molar refractivity (Wildman–Crippen MR) is 38.9 cm³/mol. The van der Waals surface area contributed by atoms with Gasteiger partial charge in [-0.3, -0.25) is 4.79 Å². The normalized spacial score (nSPS) is 9.40. The van der Waals surface area contributed by atoms with Crippen LogP contribution in [0.1, 0.15) is 16.1 Å². The van der Waals surface area contributed by atoms with Gasteiger partial charge in [0.2, 0.25) is 0 Å². The average molecular weight is 138 g/mol.